The van der Waals surface area contributed by atoms with Crippen LogP contribution >= 0.6 is 47.0 Å². The summed E-state index contributed by atoms with van der Waals surface area (Å²) in [6, 6.07) is 6.27. The summed E-state index contributed by atoms with van der Waals surface area (Å²) in [7, 11) is 0. The van der Waals surface area contributed by atoms with Gasteiger partial charge < -0.3 is 0 Å². The summed E-state index contributed by atoms with van der Waals surface area (Å²) in [5.41, 5.74) is 1.03. The van der Waals surface area contributed by atoms with Crippen molar-refractivity contribution in [2.75, 3.05) is 12.5 Å². The number of pyridine rings is 2. The van der Waals surface area contributed by atoms with E-state index in [0.29, 0.717) is 0 Å². The lowest BCUT2D eigenvalue weighted by Gasteiger charge is -1.99. The zero-order chi connectivity index (χ0) is 15.1. The van der Waals surface area contributed by atoms with E-state index in [2.05, 4.69) is 40.7 Å². The number of nitrogens with zero attached hydrogens (tertiary/aromatic N) is 2. The fourth-order valence-corrected chi connectivity index (χ4v) is 7.59. The van der Waals surface area contributed by atoms with Gasteiger partial charge >= 0.3 is 0 Å². The largest absolute Gasteiger partial charge is 0.256 e. The Morgan fingerprint density at radius 3 is 2.41 bits per heavy atom. The first-order valence-electron chi connectivity index (χ1n) is 6.66. The lowest BCUT2D eigenvalue weighted by molar-refractivity contribution is 1.22. The Morgan fingerprint density at radius 2 is 1.68 bits per heavy atom. The quantitative estimate of drug-likeness (QED) is 0.696. The molecule has 110 valence electrons. The molecule has 0 N–H and O–H groups in total. The zero-order valence-corrected chi connectivity index (χ0v) is 15.3. The van der Waals surface area contributed by atoms with Gasteiger partial charge in [0.15, 0.2) is 0 Å². The minimum Gasteiger partial charge on any atom is -0.256 e. The molecule has 2 aromatic heterocycles. The molecule has 1 aliphatic heterocycles. The molecular formula is C16H12N2S4. The Kier molecular flexibility index (Phi) is 4.02. The van der Waals surface area contributed by atoms with Gasteiger partial charge in [0.1, 0.15) is 0 Å². The molecule has 1 aliphatic carbocycles. The average Bonchev–Trinajstić information content (AvgIpc) is 3.15. The third-order valence-corrected chi connectivity index (χ3v) is 8.75. The summed E-state index contributed by atoms with van der Waals surface area (Å²) in [5, 5.41) is 4.72. The van der Waals surface area contributed by atoms with Gasteiger partial charge in [0.25, 0.3) is 0 Å². The van der Waals surface area contributed by atoms with Crippen LogP contribution in [0.1, 0.15) is 5.69 Å². The third kappa shape index (κ3) is 2.33. The van der Waals surface area contributed by atoms with E-state index in [-0.39, 0.29) is 0 Å². The van der Waals surface area contributed by atoms with E-state index in [4.69, 9.17) is 0 Å². The number of fused-ring (bicyclic) bond motifs is 2. The van der Waals surface area contributed by atoms with Crippen molar-refractivity contribution in [3.8, 4) is 0 Å². The zero-order valence-electron chi connectivity index (χ0n) is 12.0. The summed E-state index contributed by atoms with van der Waals surface area (Å²) in [4.78, 5) is 9.00. The molecule has 22 heavy (non-hydrogen) atoms. The second-order valence-electron chi connectivity index (χ2n) is 4.67. The SMILES string of the molecule is CSC1=C(SC)SC(=c2ccnc3c2=c2cccnc2=C3)S1. The molecular weight excluding hydrogens is 348 g/mol. The van der Waals surface area contributed by atoms with E-state index in [1.165, 1.54) is 28.4 Å². The molecule has 0 saturated heterocycles. The van der Waals surface area contributed by atoms with Crippen molar-refractivity contribution in [2.45, 2.75) is 0 Å². The third-order valence-electron chi connectivity index (χ3n) is 3.49. The number of thioether (sulfide) groups is 4. The topological polar surface area (TPSA) is 25.8 Å². The van der Waals surface area contributed by atoms with Crippen molar-refractivity contribution in [1.29, 1.82) is 0 Å². The summed E-state index contributed by atoms with van der Waals surface area (Å²) in [6.45, 7) is 0. The first-order valence-corrected chi connectivity index (χ1v) is 10.7. The van der Waals surface area contributed by atoms with Gasteiger partial charge in [0.05, 0.1) is 23.8 Å². The maximum atomic E-state index is 4.53. The molecule has 0 spiro atoms. The van der Waals surface area contributed by atoms with Crippen LogP contribution in [0.3, 0.4) is 0 Å². The highest BCUT2D eigenvalue weighted by Gasteiger charge is 2.21. The van der Waals surface area contributed by atoms with Crippen LogP contribution in [0.5, 0.6) is 0 Å². The van der Waals surface area contributed by atoms with Gasteiger partial charge in [-0.15, -0.1) is 23.5 Å². The van der Waals surface area contributed by atoms with Gasteiger partial charge in [0, 0.05) is 28.0 Å². The van der Waals surface area contributed by atoms with E-state index in [9.17, 15) is 0 Å². The van der Waals surface area contributed by atoms with Crippen LogP contribution in [-0.2, 0) is 0 Å². The minimum atomic E-state index is 1.02. The predicted octanol–water partition coefficient (Wildman–Crippen LogP) is 3.30. The van der Waals surface area contributed by atoms with Crippen LogP contribution < -0.4 is 10.6 Å². The summed E-state index contributed by atoms with van der Waals surface area (Å²) >= 11 is 7.41. The lowest BCUT2D eigenvalue weighted by Crippen LogP contribution is -2.09. The van der Waals surface area contributed by atoms with Crippen molar-refractivity contribution >= 4 is 57.4 Å². The second kappa shape index (κ2) is 6.00. The Balaban J connectivity index is 2.05. The van der Waals surface area contributed by atoms with Crippen LogP contribution in [0.15, 0.2) is 39.1 Å². The van der Waals surface area contributed by atoms with Crippen LogP contribution in [0.4, 0.5) is 0 Å². The van der Waals surface area contributed by atoms with Gasteiger partial charge in [-0.3, -0.25) is 9.97 Å². The fourth-order valence-electron chi connectivity index (χ4n) is 2.55. The molecule has 0 bridgehead atoms. The first-order chi connectivity index (χ1) is 10.8. The molecule has 6 heteroatoms. The van der Waals surface area contributed by atoms with Gasteiger partial charge in [-0.25, -0.2) is 0 Å². The summed E-state index contributed by atoms with van der Waals surface area (Å²) in [5.74, 6) is 0. The Labute approximate surface area is 145 Å². The molecule has 2 aromatic rings. The normalized spacial score (nSPS) is 15.8. The Bertz CT molecular complexity index is 993. The monoisotopic (exact) mass is 360 g/mol. The van der Waals surface area contributed by atoms with Crippen molar-refractivity contribution in [2.24, 2.45) is 0 Å². The molecule has 0 amide bonds. The lowest BCUT2D eigenvalue weighted by atomic mass is 10.2. The molecule has 2 nitrogen and oxygen atoms in total. The van der Waals surface area contributed by atoms with Crippen LogP contribution in [0, 0.1) is 10.4 Å². The molecule has 0 radical (unpaired) electrons. The number of aromatic nitrogens is 2. The maximum Gasteiger partial charge on any atom is 0.0737 e. The van der Waals surface area contributed by atoms with Gasteiger partial charge in [-0.05, 0) is 30.7 Å². The van der Waals surface area contributed by atoms with E-state index in [1.807, 2.05) is 65.5 Å². The van der Waals surface area contributed by atoms with Crippen molar-refractivity contribution in [3.63, 3.8) is 0 Å². The molecule has 0 fully saturated rings. The van der Waals surface area contributed by atoms with Crippen molar-refractivity contribution < 1.29 is 0 Å². The smallest absolute Gasteiger partial charge is 0.0737 e. The number of rotatable bonds is 2. The van der Waals surface area contributed by atoms with Crippen molar-refractivity contribution in [1.82, 2.24) is 9.97 Å². The molecule has 0 aromatic carbocycles. The van der Waals surface area contributed by atoms with E-state index in [0.717, 1.165) is 11.0 Å². The van der Waals surface area contributed by atoms with Gasteiger partial charge in [-0.2, -0.15) is 0 Å². The molecule has 2 aliphatic rings. The molecule has 4 rings (SSSR count). The fraction of sp³-hybridized carbons (Fsp3) is 0.125. The maximum absolute atomic E-state index is 4.53. The first kappa shape index (κ1) is 14.8. The van der Waals surface area contributed by atoms with Crippen LogP contribution in [0.25, 0.3) is 10.3 Å². The predicted molar refractivity (Wildman–Crippen MR) is 102 cm³/mol. The van der Waals surface area contributed by atoms with E-state index >= 15 is 0 Å². The van der Waals surface area contributed by atoms with Gasteiger partial charge in [-0.1, -0.05) is 29.6 Å². The molecule has 3 heterocycles. The van der Waals surface area contributed by atoms with E-state index < -0.39 is 0 Å². The molecule has 0 atom stereocenters. The van der Waals surface area contributed by atoms with Crippen molar-refractivity contribution in [3.05, 3.63) is 65.8 Å². The summed E-state index contributed by atoms with van der Waals surface area (Å²) < 4.78 is 4.13. The minimum absolute atomic E-state index is 1.02. The highest BCUT2D eigenvalue weighted by Crippen LogP contribution is 2.56. The Hall–Kier alpha value is -0.820. The Morgan fingerprint density at radius 1 is 0.909 bits per heavy atom. The van der Waals surface area contributed by atoms with Gasteiger partial charge in [0.2, 0.25) is 0 Å². The standard InChI is InChI=1S/C16H12N2S4/c1-19-15-16(20-2)22-14(21-15)10-5-7-18-12-8-11-9(13(10)12)4-3-6-17-11/h3-8H,1-2H3. The summed E-state index contributed by atoms with van der Waals surface area (Å²) in [6.07, 6.45) is 10.1. The highest BCUT2D eigenvalue weighted by molar-refractivity contribution is 8.45. The number of hydrogen-bond acceptors (Lipinski definition) is 6. The second-order valence-corrected chi connectivity index (χ2v) is 9.12. The highest BCUT2D eigenvalue weighted by atomic mass is 32.3. The van der Waals surface area contributed by atoms with Crippen LogP contribution in [0.2, 0.25) is 0 Å². The van der Waals surface area contributed by atoms with E-state index in [1.54, 1.807) is 0 Å². The molecule has 0 saturated carbocycles. The average molecular weight is 361 g/mol. The molecule has 0 unspecified atom stereocenters. The van der Waals surface area contributed by atoms with Crippen LogP contribution in [-0.4, -0.2) is 22.5 Å². The number of hydrogen-bond donors (Lipinski definition) is 0.